The van der Waals surface area contributed by atoms with E-state index in [0.717, 1.165) is 74.0 Å². The number of unbranched alkanes of at least 4 members (excludes halogenated alkanes) is 1. The first-order chi connectivity index (χ1) is 18.0. The van der Waals surface area contributed by atoms with Gasteiger partial charge >= 0.3 is 5.97 Å². The summed E-state index contributed by atoms with van der Waals surface area (Å²) in [5, 5.41) is 29.1. The van der Waals surface area contributed by atoms with E-state index in [9.17, 15) is 15.0 Å². The normalized spacial score (nSPS) is 19.1. The lowest BCUT2D eigenvalue weighted by Gasteiger charge is -2.39. The molecule has 0 amide bonds. The number of carboxylic acid groups (broad SMARTS) is 1. The Labute approximate surface area is 218 Å². The van der Waals surface area contributed by atoms with Crippen LogP contribution >= 0.6 is 0 Å². The lowest BCUT2D eigenvalue weighted by atomic mass is 9.79. The van der Waals surface area contributed by atoms with Gasteiger partial charge in [-0.3, -0.25) is 9.78 Å². The molecule has 1 aromatic carbocycles. The van der Waals surface area contributed by atoms with Crippen LogP contribution in [0.1, 0.15) is 62.2 Å². The first-order valence-corrected chi connectivity index (χ1v) is 13.3. The second-order valence-electron chi connectivity index (χ2n) is 10.1. The van der Waals surface area contributed by atoms with Gasteiger partial charge in [0.2, 0.25) is 0 Å². The lowest BCUT2D eigenvalue weighted by Crippen LogP contribution is -2.41. The molecule has 8 heteroatoms. The maximum atomic E-state index is 11.3. The minimum absolute atomic E-state index is 0.196. The molecule has 37 heavy (non-hydrogen) atoms. The van der Waals surface area contributed by atoms with Crippen molar-refractivity contribution in [2.45, 2.75) is 57.5 Å². The number of aryl methyl sites for hydroxylation is 1. The Morgan fingerprint density at radius 1 is 1.14 bits per heavy atom. The van der Waals surface area contributed by atoms with Crippen LogP contribution in [-0.2, 0) is 11.2 Å². The Morgan fingerprint density at radius 3 is 2.81 bits per heavy atom. The number of piperidine rings is 1. The van der Waals surface area contributed by atoms with Crippen LogP contribution in [0.4, 0.5) is 0 Å². The highest BCUT2D eigenvalue weighted by atomic mass is 16.5. The summed E-state index contributed by atoms with van der Waals surface area (Å²) in [7, 11) is 1.63. The molecule has 0 radical (unpaired) electrons. The zero-order chi connectivity index (χ0) is 26.0. The van der Waals surface area contributed by atoms with Gasteiger partial charge in [-0.15, -0.1) is 0 Å². The number of carbonyl (C=O) groups is 1. The molecule has 1 aliphatic rings. The van der Waals surface area contributed by atoms with Crippen molar-refractivity contribution in [3.63, 3.8) is 0 Å². The smallest absolute Gasteiger partial charge is 0.303 e. The second kappa shape index (κ2) is 13.4. The van der Waals surface area contributed by atoms with Crippen molar-refractivity contribution in [3.8, 4) is 5.75 Å². The molecule has 3 atom stereocenters. The summed E-state index contributed by atoms with van der Waals surface area (Å²) in [5.74, 6) is 0.748. The summed E-state index contributed by atoms with van der Waals surface area (Å²) in [6.07, 6.45) is 11.4. The van der Waals surface area contributed by atoms with E-state index in [-0.39, 0.29) is 6.42 Å². The van der Waals surface area contributed by atoms with Crippen molar-refractivity contribution in [2.75, 3.05) is 26.7 Å². The van der Waals surface area contributed by atoms with Gasteiger partial charge in [0.1, 0.15) is 5.75 Å². The minimum atomic E-state index is -0.737. The molecule has 1 aliphatic heterocycles. The Hall–Kier alpha value is -3.10. The molecule has 3 aromatic rings. The average Bonchev–Trinajstić information content (AvgIpc) is 2.93. The number of rotatable bonds is 13. The third kappa shape index (κ3) is 7.69. The standard InChI is InChI=1S/C29H38N4O4/c1-37-24-7-8-27-26(18-24)25(12-14-30-27)28(34)9-5-22-13-17-33(20-23(22)6-10-29(35)36)16-3-2-4-21-11-15-31-32-19-21/h7-8,11-12,14-15,18-19,22-23,28,34H,2-6,9-10,13,16-17,20H2,1H3,(H,35,36)/t22-,23-,28-/m1/s1. The zero-order valence-corrected chi connectivity index (χ0v) is 21.6. The maximum Gasteiger partial charge on any atom is 0.303 e. The number of aliphatic carboxylic acids is 1. The van der Waals surface area contributed by atoms with Gasteiger partial charge in [0.15, 0.2) is 0 Å². The quantitative estimate of drug-likeness (QED) is 0.322. The van der Waals surface area contributed by atoms with E-state index < -0.39 is 12.1 Å². The van der Waals surface area contributed by atoms with Crippen LogP contribution in [0.3, 0.4) is 0 Å². The van der Waals surface area contributed by atoms with E-state index >= 15 is 0 Å². The molecule has 1 saturated heterocycles. The molecular formula is C29H38N4O4. The molecule has 2 N–H and O–H groups in total. The summed E-state index contributed by atoms with van der Waals surface area (Å²) < 4.78 is 5.37. The number of benzene rings is 1. The molecule has 198 valence electrons. The fourth-order valence-electron chi connectivity index (χ4n) is 5.60. The molecular weight excluding hydrogens is 468 g/mol. The topological polar surface area (TPSA) is 109 Å². The molecule has 0 bridgehead atoms. The first-order valence-electron chi connectivity index (χ1n) is 13.3. The van der Waals surface area contributed by atoms with Crippen molar-refractivity contribution in [3.05, 3.63) is 60.0 Å². The SMILES string of the molecule is COc1ccc2nccc([C@H](O)CC[C@@H]3CCN(CCCCc4ccnnc4)C[C@H]3CCC(=O)O)c2c1. The summed E-state index contributed by atoms with van der Waals surface area (Å²) >= 11 is 0. The Morgan fingerprint density at radius 2 is 2.03 bits per heavy atom. The predicted molar refractivity (Wildman–Crippen MR) is 142 cm³/mol. The second-order valence-corrected chi connectivity index (χ2v) is 10.1. The summed E-state index contributed by atoms with van der Waals surface area (Å²) in [6, 6.07) is 9.62. The highest BCUT2D eigenvalue weighted by molar-refractivity contribution is 5.83. The maximum absolute atomic E-state index is 11.3. The zero-order valence-electron chi connectivity index (χ0n) is 21.6. The van der Waals surface area contributed by atoms with E-state index in [1.165, 1.54) is 5.56 Å². The summed E-state index contributed by atoms with van der Waals surface area (Å²) in [6.45, 7) is 2.99. The van der Waals surface area contributed by atoms with Gasteiger partial charge in [0, 0.05) is 30.7 Å². The molecule has 0 aliphatic carbocycles. The van der Waals surface area contributed by atoms with Gasteiger partial charge in [-0.2, -0.15) is 10.2 Å². The number of likely N-dealkylation sites (tertiary alicyclic amines) is 1. The van der Waals surface area contributed by atoms with E-state index in [1.54, 1.807) is 19.5 Å². The lowest BCUT2D eigenvalue weighted by molar-refractivity contribution is -0.137. The highest BCUT2D eigenvalue weighted by Gasteiger charge is 2.30. The van der Waals surface area contributed by atoms with Gasteiger partial charge in [-0.05, 0) is 111 Å². The molecule has 1 fully saturated rings. The number of ether oxygens (including phenoxy) is 1. The Balaban J connectivity index is 1.32. The van der Waals surface area contributed by atoms with Crippen LogP contribution in [0.25, 0.3) is 10.9 Å². The van der Waals surface area contributed by atoms with Crippen LogP contribution in [0.2, 0.25) is 0 Å². The van der Waals surface area contributed by atoms with Crippen molar-refractivity contribution in [1.82, 2.24) is 20.1 Å². The fraction of sp³-hybridized carbons (Fsp3) is 0.517. The average molecular weight is 507 g/mol. The van der Waals surface area contributed by atoms with E-state index in [1.807, 2.05) is 36.5 Å². The van der Waals surface area contributed by atoms with Gasteiger partial charge in [0.05, 0.1) is 24.9 Å². The largest absolute Gasteiger partial charge is 0.497 e. The number of aliphatic hydroxyl groups is 1. The minimum Gasteiger partial charge on any atom is -0.497 e. The number of nitrogens with zero attached hydrogens (tertiary/aromatic N) is 4. The Bertz CT molecular complexity index is 1140. The number of carboxylic acids is 1. The van der Waals surface area contributed by atoms with Gasteiger partial charge in [-0.25, -0.2) is 0 Å². The van der Waals surface area contributed by atoms with Crippen molar-refractivity contribution in [2.24, 2.45) is 11.8 Å². The molecule has 8 nitrogen and oxygen atoms in total. The van der Waals surface area contributed by atoms with Crippen LogP contribution < -0.4 is 4.74 Å². The summed E-state index contributed by atoms with van der Waals surface area (Å²) in [4.78, 5) is 18.2. The third-order valence-electron chi connectivity index (χ3n) is 7.69. The fourth-order valence-corrected chi connectivity index (χ4v) is 5.60. The molecule has 0 unspecified atom stereocenters. The van der Waals surface area contributed by atoms with E-state index in [0.29, 0.717) is 24.7 Å². The summed E-state index contributed by atoms with van der Waals surface area (Å²) in [5.41, 5.74) is 2.92. The molecule has 0 spiro atoms. The van der Waals surface area contributed by atoms with E-state index in [4.69, 9.17) is 4.74 Å². The predicted octanol–water partition coefficient (Wildman–Crippen LogP) is 4.67. The monoisotopic (exact) mass is 506 g/mol. The first kappa shape index (κ1) is 26.9. The highest BCUT2D eigenvalue weighted by Crippen LogP contribution is 2.35. The van der Waals surface area contributed by atoms with Crippen LogP contribution in [0.5, 0.6) is 5.75 Å². The van der Waals surface area contributed by atoms with E-state index in [2.05, 4.69) is 20.1 Å². The van der Waals surface area contributed by atoms with Gasteiger partial charge in [0.25, 0.3) is 0 Å². The number of methoxy groups -OCH3 is 1. The number of aliphatic hydroxyl groups excluding tert-OH is 1. The van der Waals surface area contributed by atoms with Gasteiger partial charge < -0.3 is 19.8 Å². The number of pyridine rings is 1. The van der Waals surface area contributed by atoms with Crippen molar-refractivity contribution >= 4 is 16.9 Å². The number of hydrogen-bond donors (Lipinski definition) is 2. The van der Waals surface area contributed by atoms with Crippen LogP contribution in [0, 0.1) is 11.8 Å². The molecule has 0 saturated carbocycles. The third-order valence-corrected chi connectivity index (χ3v) is 7.69. The number of aromatic nitrogens is 3. The molecule has 2 aromatic heterocycles. The molecule has 4 rings (SSSR count). The van der Waals surface area contributed by atoms with Crippen molar-refractivity contribution < 1.29 is 19.7 Å². The van der Waals surface area contributed by atoms with Gasteiger partial charge in [-0.1, -0.05) is 0 Å². The molecule has 3 heterocycles. The van der Waals surface area contributed by atoms with Crippen molar-refractivity contribution in [1.29, 1.82) is 0 Å². The number of hydrogen-bond acceptors (Lipinski definition) is 7. The van der Waals surface area contributed by atoms with Crippen LogP contribution in [0.15, 0.2) is 48.9 Å². The number of fused-ring (bicyclic) bond motifs is 1. The van der Waals surface area contributed by atoms with Crippen LogP contribution in [-0.4, -0.2) is 63.0 Å². The Kier molecular flexibility index (Phi) is 9.79.